The lowest BCUT2D eigenvalue weighted by atomic mass is 9.41. The highest BCUT2D eigenvalue weighted by molar-refractivity contribution is 5.34. The van der Waals surface area contributed by atoms with E-state index < -0.39 is 64.8 Å². The SMILES string of the molecule is CC(C)(O)[C@H]1CC[C@](C)([C@H]2[C@@H](O)[C@H](O)[C@@]3(C)[C@@H]4CC[C@H]5C(C)(C)[C@@H](O[C@@H]6OC[C@@H](O)[C@H](O)[C@H]6O)CC[C@@]56C[C@@]46CC[C@]23CO)O1. The molecule has 2 saturated heterocycles. The van der Waals surface area contributed by atoms with Crippen LogP contribution in [-0.4, -0.2) is 109 Å². The highest BCUT2D eigenvalue weighted by atomic mass is 16.7. The molecule has 7 fully saturated rings. The molecule has 45 heavy (non-hydrogen) atoms. The number of ether oxygens (including phenoxy) is 3. The Morgan fingerprint density at radius 2 is 1.47 bits per heavy atom. The van der Waals surface area contributed by atoms with E-state index >= 15 is 0 Å². The highest BCUT2D eigenvalue weighted by Gasteiger charge is 2.85. The van der Waals surface area contributed by atoms with E-state index in [9.17, 15) is 35.7 Å². The quantitative estimate of drug-likeness (QED) is 0.221. The van der Waals surface area contributed by atoms with E-state index in [0.29, 0.717) is 25.2 Å². The summed E-state index contributed by atoms with van der Waals surface area (Å²) in [5.74, 6) is 0.0349. The minimum absolute atomic E-state index is 0.00931. The third kappa shape index (κ3) is 4.04. The molecule has 258 valence electrons. The fraction of sp³-hybridized carbons (Fsp3) is 1.00. The average Bonchev–Trinajstić information content (AvgIpc) is 3.39. The molecule has 0 bridgehead atoms. The van der Waals surface area contributed by atoms with Crippen LogP contribution < -0.4 is 0 Å². The summed E-state index contributed by atoms with van der Waals surface area (Å²) in [7, 11) is 0. The second-order valence-electron chi connectivity index (χ2n) is 18.0. The second kappa shape index (κ2) is 10.1. The van der Waals surface area contributed by atoms with Crippen molar-refractivity contribution in [3.05, 3.63) is 0 Å². The predicted molar refractivity (Wildman–Crippen MR) is 163 cm³/mol. The molecule has 5 aliphatic carbocycles. The van der Waals surface area contributed by atoms with E-state index in [1.54, 1.807) is 13.8 Å². The Kier molecular flexibility index (Phi) is 7.42. The van der Waals surface area contributed by atoms with Gasteiger partial charge in [0.25, 0.3) is 0 Å². The number of hydrogen-bond donors (Lipinski definition) is 7. The van der Waals surface area contributed by atoms with Gasteiger partial charge < -0.3 is 50.0 Å². The molecule has 0 unspecified atom stereocenters. The minimum Gasteiger partial charge on any atom is -0.396 e. The van der Waals surface area contributed by atoms with Crippen LogP contribution in [0.5, 0.6) is 0 Å². The van der Waals surface area contributed by atoms with Crippen molar-refractivity contribution in [2.75, 3.05) is 13.2 Å². The second-order valence-corrected chi connectivity index (χ2v) is 18.0. The van der Waals surface area contributed by atoms with Crippen molar-refractivity contribution in [3.8, 4) is 0 Å². The number of rotatable bonds is 5. The molecule has 2 spiro atoms. The lowest BCUT2D eigenvalue weighted by Crippen LogP contribution is -2.63. The van der Waals surface area contributed by atoms with E-state index in [1.807, 2.05) is 6.92 Å². The molecule has 7 aliphatic rings. The van der Waals surface area contributed by atoms with E-state index in [-0.39, 0.29) is 47.6 Å². The molecule has 0 radical (unpaired) electrons. The molecule has 5 saturated carbocycles. The summed E-state index contributed by atoms with van der Waals surface area (Å²) in [6.07, 6.45) is 0.222. The smallest absolute Gasteiger partial charge is 0.186 e. The Morgan fingerprint density at radius 1 is 0.800 bits per heavy atom. The number of fused-ring (bicyclic) bond motifs is 2. The first kappa shape index (κ1) is 33.1. The topological polar surface area (TPSA) is 169 Å². The summed E-state index contributed by atoms with van der Waals surface area (Å²) in [6.45, 7) is 12.0. The Bertz CT molecular complexity index is 1170. The molecule has 7 rings (SSSR count). The van der Waals surface area contributed by atoms with Gasteiger partial charge in [0.2, 0.25) is 0 Å². The van der Waals surface area contributed by atoms with Gasteiger partial charge in [0.15, 0.2) is 6.29 Å². The zero-order valence-corrected chi connectivity index (χ0v) is 28.0. The number of aliphatic hydroxyl groups is 7. The average molecular weight is 639 g/mol. The van der Waals surface area contributed by atoms with Crippen molar-refractivity contribution in [3.63, 3.8) is 0 Å². The zero-order valence-electron chi connectivity index (χ0n) is 28.0. The number of hydrogen-bond acceptors (Lipinski definition) is 10. The molecule has 10 heteroatoms. The van der Waals surface area contributed by atoms with Crippen LogP contribution in [0.2, 0.25) is 0 Å². The first-order chi connectivity index (χ1) is 20.9. The summed E-state index contributed by atoms with van der Waals surface area (Å²) in [4.78, 5) is 0. The van der Waals surface area contributed by atoms with Gasteiger partial charge >= 0.3 is 0 Å². The van der Waals surface area contributed by atoms with E-state index in [4.69, 9.17) is 14.2 Å². The highest BCUT2D eigenvalue weighted by Crippen LogP contribution is 2.89. The molecule has 2 aliphatic heterocycles. The van der Waals surface area contributed by atoms with Crippen molar-refractivity contribution in [2.45, 2.75) is 160 Å². The molecule has 2 heterocycles. The van der Waals surface area contributed by atoms with E-state index in [2.05, 4.69) is 20.8 Å². The van der Waals surface area contributed by atoms with Crippen LogP contribution in [0.3, 0.4) is 0 Å². The van der Waals surface area contributed by atoms with Gasteiger partial charge in [-0.25, -0.2) is 0 Å². The van der Waals surface area contributed by atoms with Gasteiger partial charge in [0.05, 0.1) is 42.2 Å². The first-order valence-electron chi connectivity index (χ1n) is 17.5. The molecule has 0 aromatic heterocycles. The lowest BCUT2D eigenvalue weighted by molar-refractivity contribution is -0.303. The van der Waals surface area contributed by atoms with Gasteiger partial charge in [0.1, 0.15) is 18.3 Å². The van der Waals surface area contributed by atoms with Crippen LogP contribution in [0.25, 0.3) is 0 Å². The maximum Gasteiger partial charge on any atom is 0.186 e. The number of aliphatic hydroxyl groups excluding tert-OH is 6. The Morgan fingerprint density at radius 3 is 2.11 bits per heavy atom. The molecular weight excluding hydrogens is 580 g/mol. The van der Waals surface area contributed by atoms with Crippen LogP contribution in [0, 0.1) is 44.8 Å². The van der Waals surface area contributed by atoms with Crippen LogP contribution in [-0.2, 0) is 14.2 Å². The largest absolute Gasteiger partial charge is 0.396 e. The molecule has 16 atom stereocenters. The van der Waals surface area contributed by atoms with Gasteiger partial charge in [0, 0.05) is 23.4 Å². The lowest BCUT2D eigenvalue weighted by Gasteiger charge is -2.64. The molecule has 0 aromatic rings. The third-order valence-electron chi connectivity index (χ3n) is 15.6. The fourth-order valence-electron chi connectivity index (χ4n) is 13.4. The van der Waals surface area contributed by atoms with Crippen LogP contribution >= 0.6 is 0 Å². The zero-order chi connectivity index (χ0) is 32.8. The Balaban J connectivity index is 1.17. The van der Waals surface area contributed by atoms with Crippen molar-refractivity contribution in [1.82, 2.24) is 0 Å². The van der Waals surface area contributed by atoms with Gasteiger partial charge in [-0.1, -0.05) is 20.8 Å². The molecule has 10 nitrogen and oxygen atoms in total. The molecule has 0 aromatic carbocycles. The normalized spacial score (nSPS) is 58.7. The molecular formula is C35H58O10. The van der Waals surface area contributed by atoms with Crippen molar-refractivity contribution < 1.29 is 50.0 Å². The van der Waals surface area contributed by atoms with E-state index in [0.717, 1.165) is 38.5 Å². The van der Waals surface area contributed by atoms with Crippen molar-refractivity contribution in [2.24, 2.45) is 44.8 Å². The van der Waals surface area contributed by atoms with Gasteiger partial charge in [-0.05, 0) is 107 Å². The van der Waals surface area contributed by atoms with Gasteiger partial charge in [-0.15, -0.1) is 0 Å². The summed E-state index contributed by atoms with van der Waals surface area (Å²) in [5, 5.41) is 76.9. The third-order valence-corrected chi connectivity index (χ3v) is 15.6. The predicted octanol–water partition coefficient (Wildman–Crippen LogP) is 1.87. The first-order valence-corrected chi connectivity index (χ1v) is 17.5. The maximum absolute atomic E-state index is 12.1. The van der Waals surface area contributed by atoms with Crippen molar-refractivity contribution >= 4 is 0 Å². The van der Waals surface area contributed by atoms with Crippen LogP contribution in [0.15, 0.2) is 0 Å². The Labute approximate surface area is 267 Å². The fourth-order valence-corrected chi connectivity index (χ4v) is 13.4. The minimum atomic E-state index is -1.32. The summed E-state index contributed by atoms with van der Waals surface area (Å²) in [6, 6.07) is 0. The maximum atomic E-state index is 12.1. The molecule has 0 amide bonds. The van der Waals surface area contributed by atoms with Gasteiger partial charge in [-0.2, -0.15) is 0 Å². The van der Waals surface area contributed by atoms with E-state index in [1.165, 1.54) is 0 Å². The monoisotopic (exact) mass is 638 g/mol. The van der Waals surface area contributed by atoms with Crippen LogP contribution in [0.1, 0.15) is 99.3 Å². The molecule has 7 N–H and O–H groups in total. The van der Waals surface area contributed by atoms with Crippen molar-refractivity contribution in [1.29, 1.82) is 0 Å². The summed E-state index contributed by atoms with van der Waals surface area (Å²) >= 11 is 0. The summed E-state index contributed by atoms with van der Waals surface area (Å²) in [5.41, 5.74) is -3.37. The van der Waals surface area contributed by atoms with Gasteiger partial charge in [-0.3, -0.25) is 0 Å². The standard InChI is InChI=1S/C35H58O10/c1-29(2)19-7-8-20-32(6)27(41)25(40)26(31(5)11-9-22(45-31)30(3,4)42)35(32,17-36)14-13-34(20)16-33(19,34)12-10-21(29)44-28-24(39)23(38)18(37)15-43-28/h18-28,36-42H,7-17H2,1-6H3/t18-,19+,20+,21+,22-,23+,24-,25-,26-,27+,28+,31-,32-,33-,34+,35+/m1/s1. The Hall–Kier alpha value is -0.400. The van der Waals surface area contributed by atoms with Crippen LogP contribution in [0.4, 0.5) is 0 Å². The summed E-state index contributed by atoms with van der Waals surface area (Å²) < 4.78 is 18.7.